The van der Waals surface area contributed by atoms with Crippen LogP contribution in [0.5, 0.6) is 0 Å². The van der Waals surface area contributed by atoms with Crippen LogP contribution in [0.1, 0.15) is 37.9 Å². The summed E-state index contributed by atoms with van der Waals surface area (Å²) in [5, 5.41) is 0. The highest BCUT2D eigenvalue weighted by Crippen LogP contribution is 2.32. The summed E-state index contributed by atoms with van der Waals surface area (Å²) in [5.41, 5.74) is 9.19. The van der Waals surface area contributed by atoms with E-state index in [1.54, 1.807) is 0 Å². The molecule has 17 heavy (non-hydrogen) atoms. The van der Waals surface area contributed by atoms with Crippen LogP contribution in [0.4, 0.5) is 0 Å². The lowest BCUT2D eigenvalue weighted by molar-refractivity contribution is 0.169. The first-order valence-electron chi connectivity index (χ1n) is 6.71. The molecule has 1 aliphatic carbocycles. The zero-order valence-electron chi connectivity index (χ0n) is 11.2. The van der Waals surface area contributed by atoms with Crippen molar-refractivity contribution in [3.63, 3.8) is 0 Å². The Morgan fingerprint density at radius 1 is 1.35 bits per heavy atom. The maximum absolute atomic E-state index is 6.40. The third-order valence-corrected chi connectivity index (χ3v) is 3.73. The first-order chi connectivity index (χ1) is 8.13. The van der Waals surface area contributed by atoms with Crippen LogP contribution in [0.15, 0.2) is 24.3 Å². The van der Waals surface area contributed by atoms with Gasteiger partial charge in [-0.1, -0.05) is 45.0 Å². The van der Waals surface area contributed by atoms with E-state index in [4.69, 9.17) is 5.73 Å². The fourth-order valence-electron chi connectivity index (χ4n) is 2.93. The second-order valence-corrected chi connectivity index (χ2v) is 5.48. The zero-order valence-corrected chi connectivity index (χ0v) is 11.2. The molecular formula is C15H24N2. The number of fused-ring (bicyclic) bond motifs is 1. The fraction of sp³-hybridized carbons (Fsp3) is 0.600. The van der Waals surface area contributed by atoms with Crippen molar-refractivity contribution in [3.8, 4) is 0 Å². The molecule has 2 N–H and O–H groups in total. The lowest BCUT2D eigenvalue weighted by Gasteiger charge is -2.32. The average molecular weight is 232 g/mol. The minimum absolute atomic E-state index is 0.185. The molecule has 0 spiro atoms. The van der Waals surface area contributed by atoms with Crippen LogP contribution in [0.3, 0.4) is 0 Å². The Bertz CT molecular complexity index is 373. The molecule has 0 saturated heterocycles. The topological polar surface area (TPSA) is 29.3 Å². The molecule has 2 atom stereocenters. The largest absolute Gasteiger partial charge is 0.323 e. The Morgan fingerprint density at radius 2 is 2.06 bits per heavy atom. The molecule has 0 bridgehead atoms. The van der Waals surface area contributed by atoms with E-state index >= 15 is 0 Å². The van der Waals surface area contributed by atoms with E-state index in [1.807, 2.05) is 0 Å². The van der Waals surface area contributed by atoms with Gasteiger partial charge in [-0.15, -0.1) is 0 Å². The van der Waals surface area contributed by atoms with Crippen molar-refractivity contribution < 1.29 is 0 Å². The summed E-state index contributed by atoms with van der Waals surface area (Å²) in [6.45, 7) is 9.01. The van der Waals surface area contributed by atoms with E-state index in [0.29, 0.717) is 12.0 Å². The predicted octanol–water partition coefficient (Wildman–Crippen LogP) is 2.59. The van der Waals surface area contributed by atoms with Gasteiger partial charge in [-0.05, 0) is 30.0 Å². The molecule has 1 aromatic carbocycles. The summed E-state index contributed by atoms with van der Waals surface area (Å²) in [4.78, 5) is 2.54. The molecule has 0 amide bonds. The zero-order chi connectivity index (χ0) is 12.4. The molecule has 0 radical (unpaired) electrons. The fourth-order valence-corrected chi connectivity index (χ4v) is 2.93. The molecular weight excluding hydrogens is 208 g/mol. The van der Waals surface area contributed by atoms with Gasteiger partial charge in [-0.2, -0.15) is 0 Å². The SMILES string of the molecule is CCN(CC(C)C)C1Cc2ccccc2C1N. The van der Waals surface area contributed by atoms with Crippen molar-refractivity contribution in [3.05, 3.63) is 35.4 Å². The smallest absolute Gasteiger partial charge is 0.0459 e. The van der Waals surface area contributed by atoms with E-state index in [9.17, 15) is 0 Å². The molecule has 0 fully saturated rings. The summed E-state index contributed by atoms with van der Waals surface area (Å²) in [5.74, 6) is 0.700. The molecule has 94 valence electrons. The highest BCUT2D eigenvalue weighted by molar-refractivity contribution is 5.36. The van der Waals surface area contributed by atoms with Gasteiger partial charge in [0.1, 0.15) is 0 Å². The van der Waals surface area contributed by atoms with Crippen LogP contribution >= 0.6 is 0 Å². The number of hydrogen-bond acceptors (Lipinski definition) is 2. The van der Waals surface area contributed by atoms with Gasteiger partial charge < -0.3 is 5.73 Å². The number of likely N-dealkylation sites (N-methyl/N-ethyl adjacent to an activating group) is 1. The summed E-state index contributed by atoms with van der Waals surface area (Å²) < 4.78 is 0. The lowest BCUT2D eigenvalue weighted by Crippen LogP contribution is -2.42. The van der Waals surface area contributed by atoms with E-state index in [1.165, 1.54) is 11.1 Å². The first kappa shape index (κ1) is 12.6. The Labute approximate surface area is 105 Å². The van der Waals surface area contributed by atoms with E-state index in [0.717, 1.165) is 19.5 Å². The second-order valence-electron chi connectivity index (χ2n) is 5.48. The van der Waals surface area contributed by atoms with Gasteiger partial charge in [-0.25, -0.2) is 0 Å². The molecule has 2 nitrogen and oxygen atoms in total. The summed E-state index contributed by atoms with van der Waals surface area (Å²) >= 11 is 0. The van der Waals surface area contributed by atoms with Crippen molar-refractivity contribution in [2.45, 2.75) is 39.3 Å². The van der Waals surface area contributed by atoms with Crippen molar-refractivity contribution >= 4 is 0 Å². The second kappa shape index (κ2) is 5.19. The summed E-state index contributed by atoms with van der Waals surface area (Å²) in [6, 6.07) is 9.29. The minimum Gasteiger partial charge on any atom is -0.323 e. The van der Waals surface area contributed by atoms with E-state index in [-0.39, 0.29) is 6.04 Å². The number of hydrogen-bond donors (Lipinski definition) is 1. The molecule has 0 saturated carbocycles. The molecule has 0 aliphatic heterocycles. The molecule has 1 aliphatic rings. The van der Waals surface area contributed by atoms with Gasteiger partial charge in [0.15, 0.2) is 0 Å². The third-order valence-electron chi connectivity index (χ3n) is 3.73. The van der Waals surface area contributed by atoms with Crippen LogP contribution in [0.25, 0.3) is 0 Å². The summed E-state index contributed by atoms with van der Waals surface area (Å²) in [7, 11) is 0. The molecule has 0 aromatic heterocycles. The highest BCUT2D eigenvalue weighted by Gasteiger charge is 2.33. The van der Waals surface area contributed by atoms with Gasteiger partial charge in [0.2, 0.25) is 0 Å². The Kier molecular flexibility index (Phi) is 3.85. The van der Waals surface area contributed by atoms with Gasteiger partial charge in [0.05, 0.1) is 0 Å². The number of rotatable bonds is 4. The lowest BCUT2D eigenvalue weighted by atomic mass is 10.1. The first-order valence-corrected chi connectivity index (χ1v) is 6.71. The average Bonchev–Trinajstić information content (AvgIpc) is 2.64. The number of benzene rings is 1. The van der Waals surface area contributed by atoms with Crippen molar-refractivity contribution in [2.75, 3.05) is 13.1 Å². The number of nitrogens with two attached hydrogens (primary N) is 1. The van der Waals surface area contributed by atoms with Crippen LogP contribution in [0.2, 0.25) is 0 Å². The van der Waals surface area contributed by atoms with Gasteiger partial charge >= 0.3 is 0 Å². The van der Waals surface area contributed by atoms with E-state index in [2.05, 4.69) is 49.9 Å². The van der Waals surface area contributed by atoms with Crippen LogP contribution in [0, 0.1) is 5.92 Å². The third kappa shape index (κ3) is 2.53. The van der Waals surface area contributed by atoms with Crippen molar-refractivity contribution in [1.82, 2.24) is 4.90 Å². The monoisotopic (exact) mass is 232 g/mol. The van der Waals surface area contributed by atoms with Crippen LogP contribution < -0.4 is 5.73 Å². The minimum atomic E-state index is 0.185. The van der Waals surface area contributed by atoms with Gasteiger partial charge in [0.25, 0.3) is 0 Å². The van der Waals surface area contributed by atoms with Gasteiger partial charge in [-0.3, -0.25) is 4.90 Å². The normalized spacial score (nSPS) is 23.4. The maximum Gasteiger partial charge on any atom is 0.0459 e. The Balaban J connectivity index is 2.15. The van der Waals surface area contributed by atoms with Crippen LogP contribution in [-0.4, -0.2) is 24.0 Å². The number of nitrogens with zero attached hydrogens (tertiary/aromatic N) is 1. The van der Waals surface area contributed by atoms with Crippen molar-refractivity contribution in [1.29, 1.82) is 0 Å². The quantitative estimate of drug-likeness (QED) is 0.864. The maximum atomic E-state index is 6.40. The van der Waals surface area contributed by atoms with Gasteiger partial charge in [0, 0.05) is 18.6 Å². The predicted molar refractivity (Wildman–Crippen MR) is 72.9 cm³/mol. The highest BCUT2D eigenvalue weighted by atomic mass is 15.2. The molecule has 1 aromatic rings. The van der Waals surface area contributed by atoms with Crippen molar-refractivity contribution in [2.24, 2.45) is 11.7 Å². The summed E-state index contributed by atoms with van der Waals surface area (Å²) in [6.07, 6.45) is 1.11. The van der Waals surface area contributed by atoms with E-state index < -0.39 is 0 Å². The molecule has 0 heterocycles. The van der Waals surface area contributed by atoms with Crippen LogP contribution in [-0.2, 0) is 6.42 Å². The Morgan fingerprint density at radius 3 is 2.65 bits per heavy atom. The molecule has 2 unspecified atom stereocenters. The molecule has 2 rings (SSSR count). The standard InChI is InChI=1S/C15H24N2/c1-4-17(10-11(2)3)14-9-12-7-5-6-8-13(12)15(14)16/h5-8,11,14-15H,4,9-10,16H2,1-3H3. The Hall–Kier alpha value is -0.860. The molecule has 2 heteroatoms.